The quantitative estimate of drug-likeness (QED) is 0.753. The summed E-state index contributed by atoms with van der Waals surface area (Å²) >= 11 is 12.3. The van der Waals surface area contributed by atoms with Gasteiger partial charge in [-0.3, -0.25) is 0 Å². The highest BCUT2D eigenvalue weighted by Gasteiger charge is 2.13. The first-order chi connectivity index (χ1) is 8.47. The van der Waals surface area contributed by atoms with Crippen LogP contribution in [0.3, 0.4) is 0 Å². The van der Waals surface area contributed by atoms with E-state index in [0.29, 0.717) is 20.6 Å². The molecule has 0 amide bonds. The van der Waals surface area contributed by atoms with Crippen LogP contribution in [0, 0.1) is 5.82 Å². The fraction of sp³-hybridized carbons (Fsp3) is 0.0769. The third kappa shape index (κ3) is 3.12. The maximum Gasteiger partial charge on any atom is 0.137 e. The predicted octanol–water partition coefficient (Wildman–Crippen LogP) is 5.09. The lowest BCUT2D eigenvalue weighted by atomic mass is 10.0. The van der Waals surface area contributed by atoms with Crippen LogP contribution in [-0.4, -0.2) is 5.11 Å². The molecule has 0 saturated carbocycles. The molecule has 0 saturated heterocycles. The summed E-state index contributed by atoms with van der Waals surface area (Å²) in [6.45, 7) is 0. The number of benzene rings is 2. The number of aliphatic hydroxyl groups excluding tert-OH is 1. The summed E-state index contributed by atoms with van der Waals surface area (Å²) in [5.41, 5.74) is 1.24. The van der Waals surface area contributed by atoms with E-state index in [4.69, 9.17) is 11.6 Å². The van der Waals surface area contributed by atoms with E-state index in [1.54, 1.807) is 30.3 Å². The van der Waals surface area contributed by atoms with Crippen molar-refractivity contribution >= 4 is 43.5 Å². The molecule has 1 nitrogen and oxygen atoms in total. The SMILES string of the molecule is OC(c1cc(Cl)cc(Br)c1)c1ccc(F)c(Br)c1. The van der Waals surface area contributed by atoms with Crippen molar-refractivity contribution in [3.05, 3.63) is 67.3 Å². The maximum absolute atomic E-state index is 13.1. The van der Waals surface area contributed by atoms with Gasteiger partial charge in [0.15, 0.2) is 0 Å². The summed E-state index contributed by atoms with van der Waals surface area (Å²) in [5.74, 6) is -0.363. The largest absolute Gasteiger partial charge is 0.384 e. The van der Waals surface area contributed by atoms with E-state index in [1.165, 1.54) is 6.07 Å². The van der Waals surface area contributed by atoms with E-state index >= 15 is 0 Å². The lowest BCUT2D eigenvalue weighted by Gasteiger charge is -2.13. The van der Waals surface area contributed by atoms with Crippen LogP contribution in [0.25, 0.3) is 0 Å². The molecule has 0 bridgehead atoms. The van der Waals surface area contributed by atoms with E-state index in [1.807, 2.05) is 0 Å². The van der Waals surface area contributed by atoms with E-state index in [0.717, 1.165) is 4.47 Å². The minimum absolute atomic E-state index is 0.320. The molecule has 18 heavy (non-hydrogen) atoms. The molecule has 2 rings (SSSR count). The van der Waals surface area contributed by atoms with Gasteiger partial charge in [-0.25, -0.2) is 4.39 Å². The predicted molar refractivity (Wildman–Crippen MR) is 77.3 cm³/mol. The van der Waals surface area contributed by atoms with Crippen molar-refractivity contribution in [1.29, 1.82) is 0 Å². The van der Waals surface area contributed by atoms with Crippen molar-refractivity contribution < 1.29 is 9.50 Å². The molecule has 1 atom stereocenters. The van der Waals surface area contributed by atoms with Crippen LogP contribution in [0.15, 0.2) is 45.3 Å². The standard InChI is InChI=1S/C13H8Br2ClFO/c14-9-3-8(4-10(16)6-9)13(18)7-1-2-12(17)11(15)5-7/h1-6,13,18H. The van der Waals surface area contributed by atoms with Gasteiger partial charge >= 0.3 is 0 Å². The topological polar surface area (TPSA) is 20.2 Å². The lowest BCUT2D eigenvalue weighted by Crippen LogP contribution is -2.00. The zero-order valence-electron chi connectivity index (χ0n) is 9.00. The number of halogens is 4. The molecule has 1 unspecified atom stereocenters. The Bertz CT molecular complexity index is 569. The van der Waals surface area contributed by atoms with Crippen molar-refractivity contribution in [3.8, 4) is 0 Å². The van der Waals surface area contributed by atoms with Crippen LogP contribution >= 0.6 is 43.5 Å². The minimum Gasteiger partial charge on any atom is -0.384 e. The third-order valence-corrected chi connectivity index (χ3v) is 3.74. The fourth-order valence-corrected chi connectivity index (χ4v) is 2.89. The molecular weight excluding hydrogens is 386 g/mol. The van der Waals surface area contributed by atoms with Gasteiger partial charge in [-0.15, -0.1) is 0 Å². The minimum atomic E-state index is -0.850. The van der Waals surface area contributed by atoms with Gasteiger partial charge in [0, 0.05) is 9.50 Å². The molecule has 0 aliphatic carbocycles. The Morgan fingerprint density at radius 2 is 1.78 bits per heavy atom. The highest BCUT2D eigenvalue weighted by atomic mass is 79.9. The molecule has 0 spiro atoms. The van der Waals surface area contributed by atoms with Gasteiger partial charge in [0.05, 0.1) is 4.47 Å². The number of rotatable bonds is 2. The molecule has 0 aliphatic rings. The Labute approximate surface area is 126 Å². The van der Waals surface area contributed by atoms with Gasteiger partial charge in [-0.05, 0) is 57.4 Å². The lowest BCUT2D eigenvalue weighted by molar-refractivity contribution is 0.220. The summed E-state index contributed by atoms with van der Waals surface area (Å²) in [4.78, 5) is 0. The van der Waals surface area contributed by atoms with Crippen LogP contribution in [-0.2, 0) is 0 Å². The zero-order valence-corrected chi connectivity index (χ0v) is 12.9. The summed E-state index contributed by atoms with van der Waals surface area (Å²) in [7, 11) is 0. The molecule has 5 heteroatoms. The average molecular weight is 394 g/mol. The molecule has 0 aliphatic heterocycles. The number of aliphatic hydroxyl groups is 1. The first kappa shape index (κ1) is 14.0. The molecule has 94 valence electrons. The van der Waals surface area contributed by atoms with Gasteiger partial charge in [-0.1, -0.05) is 33.6 Å². The van der Waals surface area contributed by atoms with Gasteiger partial charge in [0.25, 0.3) is 0 Å². The summed E-state index contributed by atoms with van der Waals surface area (Å²) in [5, 5.41) is 10.8. The first-order valence-electron chi connectivity index (χ1n) is 5.06. The molecule has 2 aromatic carbocycles. The first-order valence-corrected chi connectivity index (χ1v) is 7.03. The van der Waals surface area contributed by atoms with Crippen molar-refractivity contribution in [2.45, 2.75) is 6.10 Å². The molecule has 2 aromatic rings. The Hall–Kier alpha value is -0.420. The number of hydrogen-bond acceptors (Lipinski definition) is 1. The average Bonchev–Trinajstić information content (AvgIpc) is 2.30. The Balaban J connectivity index is 2.40. The van der Waals surface area contributed by atoms with Crippen molar-refractivity contribution in [2.24, 2.45) is 0 Å². The summed E-state index contributed by atoms with van der Waals surface area (Å²) in [6.07, 6.45) is -0.850. The van der Waals surface area contributed by atoms with Gasteiger partial charge < -0.3 is 5.11 Å². The normalized spacial score (nSPS) is 12.5. The van der Waals surface area contributed by atoms with Crippen LogP contribution < -0.4 is 0 Å². The second-order valence-corrected chi connectivity index (χ2v) is 5.99. The van der Waals surface area contributed by atoms with E-state index in [-0.39, 0.29) is 5.82 Å². The van der Waals surface area contributed by atoms with E-state index < -0.39 is 6.10 Å². The van der Waals surface area contributed by atoms with Crippen LogP contribution in [0.4, 0.5) is 4.39 Å². The third-order valence-electron chi connectivity index (χ3n) is 2.46. The van der Waals surface area contributed by atoms with Gasteiger partial charge in [0.1, 0.15) is 11.9 Å². The fourth-order valence-electron chi connectivity index (χ4n) is 1.61. The van der Waals surface area contributed by atoms with E-state index in [2.05, 4.69) is 31.9 Å². The smallest absolute Gasteiger partial charge is 0.137 e. The molecular formula is C13H8Br2ClFO. The van der Waals surface area contributed by atoms with Crippen LogP contribution in [0.2, 0.25) is 5.02 Å². The molecule has 0 aromatic heterocycles. The monoisotopic (exact) mass is 392 g/mol. The number of hydrogen-bond donors (Lipinski definition) is 1. The molecule has 0 fully saturated rings. The zero-order chi connectivity index (χ0) is 13.3. The molecule has 0 radical (unpaired) electrons. The van der Waals surface area contributed by atoms with Crippen LogP contribution in [0.1, 0.15) is 17.2 Å². The van der Waals surface area contributed by atoms with E-state index in [9.17, 15) is 9.50 Å². The van der Waals surface area contributed by atoms with Gasteiger partial charge in [-0.2, -0.15) is 0 Å². The Kier molecular flexibility index (Phi) is 4.43. The molecule has 1 N–H and O–H groups in total. The summed E-state index contributed by atoms with van der Waals surface area (Å²) < 4.78 is 14.2. The van der Waals surface area contributed by atoms with Crippen LogP contribution in [0.5, 0.6) is 0 Å². The Morgan fingerprint density at radius 1 is 1.06 bits per heavy atom. The highest BCUT2D eigenvalue weighted by molar-refractivity contribution is 9.10. The molecule has 0 heterocycles. The maximum atomic E-state index is 13.1. The second kappa shape index (κ2) is 5.70. The second-order valence-electron chi connectivity index (χ2n) is 3.78. The highest BCUT2D eigenvalue weighted by Crippen LogP contribution is 2.29. The van der Waals surface area contributed by atoms with Crippen molar-refractivity contribution in [2.75, 3.05) is 0 Å². The van der Waals surface area contributed by atoms with Crippen molar-refractivity contribution in [3.63, 3.8) is 0 Å². The van der Waals surface area contributed by atoms with Crippen molar-refractivity contribution in [1.82, 2.24) is 0 Å². The summed E-state index contributed by atoms with van der Waals surface area (Å²) in [6, 6.07) is 9.58. The Morgan fingerprint density at radius 3 is 2.39 bits per heavy atom. The van der Waals surface area contributed by atoms with Gasteiger partial charge in [0.2, 0.25) is 0 Å².